The zero-order valence-corrected chi connectivity index (χ0v) is 20.2. The monoisotopic (exact) mass is 476 g/mol. The number of nitrogens with zero attached hydrogens (tertiary/aromatic N) is 5. The van der Waals surface area contributed by atoms with E-state index in [-0.39, 0.29) is 36.2 Å². The lowest BCUT2D eigenvalue weighted by Crippen LogP contribution is -2.48. The number of nitrogens with one attached hydrogen (secondary N) is 1. The fraction of sp³-hybridized carbons (Fsp3) is 0.360. The zero-order valence-electron chi connectivity index (χ0n) is 19.3. The summed E-state index contributed by atoms with van der Waals surface area (Å²) < 4.78 is 3.87. The third-order valence-corrected chi connectivity index (χ3v) is 7.36. The fourth-order valence-electron chi connectivity index (χ4n) is 4.86. The lowest BCUT2D eigenvalue weighted by atomic mass is 9.97. The number of carbonyl (C=O) groups excluding carboxylic acids is 2. The quantitative estimate of drug-likeness (QED) is 0.422. The smallest absolute Gasteiger partial charge is 0.243 e. The van der Waals surface area contributed by atoms with Gasteiger partial charge >= 0.3 is 0 Å². The Bertz CT molecular complexity index is 1320. The number of anilines is 1. The van der Waals surface area contributed by atoms with Crippen LogP contribution in [0.5, 0.6) is 0 Å². The van der Waals surface area contributed by atoms with Crippen LogP contribution in [0.4, 0.5) is 5.69 Å². The van der Waals surface area contributed by atoms with Crippen molar-refractivity contribution < 1.29 is 9.59 Å². The van der Waals surface area contributed by atoms with E-state index in [0.717, 1.165) is 36.0 Å². The van der Waals surface area contributed by atoms with Crippen LogP contribution in [0.15, 0.2) is 59.8 Å². The molecule has 0 unspecified atom stereocenters. The van der Waals surface area contributed by atoms with E-state index in [1.54, 1.807) is 0 Å². The Labute approximate surface area is 202 Å². The number of amides is 2. The Balaban J connectivity index is 1.40. The molecule has 4 aromatic rings. The summed E-state index contributed by atoms with van der Waals surface area (Å²) in [6.45, 7) is 4.47. The number of aromatic nitrogens is 4. The molecule has 0 aliphatic carbocycles. The molecule has 8 nitrogen and oxygen atoms in total. The van der Waals surface area contributed by atoms with E-state index in [1.807, 2.05) is 68.5 Å². The normalized spacial score (nSPS) is 18.5. The summed E-state index contributed by atoms with van der Waals surface area (Å²) in [5.74, 6) is 0.803. The van der Waals surface area contributed by atoms with Crippen molar-refractivity contribution in [3.05, 3.63) is 54.6 Å². The van der Waals surface area contributed by atoms with Gasteiger partial charge in [0, 0.05) is 17.8 Å². The van der Waals surface area contributed by atoms with Crippen LogP contribution in [-0.2, 0) is 16.1 Å². The maximum absolute atomic E-state index is 13.4. The van der Waals surface area contributed by atoms with E-state index in [4.69, 9.17) is 0 Å². The molecule has 0 spiro atoms. The predicted octanol–water partition coefficient (Wildman–Crippen LogP) is 4.20. The zero-order chi connectivity index (χ0) is 23.7. The SMILES string of the molecule is C[C@@H]1CCC[C@@H](C)N1C(=O)Cn1c2ccccc2n2c(SCC(=O)Nc3ccccc3)nnc12. The largest absolute Gasteiger partial charge is 0.336 e. The second-order valence-electron chi connectivity index (χ2n) is 8.83. The number of thioether (sulfide) groups is 1. The second kappa shape index (κ2) is 9.50. The van der Waals surface area contributed by atoms with E-state index in [0.29, 0.717) is 10.9 Å². The summed E-state index contributed by atoms with van der Waals surface area (Å²) in [5.41, 5.74) is 2.60. The maximum atomic E-state index is 13.4. The summed E-state index contributed by atoms with van der Waals surface area (Å²) in [6.07, 6.45) is 3.23. The lowest BCUT2D eigenvalue weighted by molar-refractivity contribution is -0.137. The third-order valence-electron chi connectivity index (χ3n) is 6.44. The summed E-state index contributed by atoms with van der Waals surface area (Å²) >= 11 is 1.33. The van der Waals surface area contributed by atoms with Crippen molar-refractivity contribution in [2.45, 2.75) is 56.9 Å². The van der Waals surface area contributed by atoms with Gasteiger partial charge in [0.2, 0.25) is 17.6 Å². The molecule has 2 aromatic carbocycles. The number of hydrogen-bond donors (Lipinski definition) is 1. The maximum Gasteiger partial charge on any atom is 0.243 e. The highest BCUT2D eigenvalue weighted by Crippen LogP contribution is 2.28. The number of piperidine rings is 1. The van der Waals surface area contributed by atoms with Gasteiger partial charge in [0.1, 0.15) is 6.54 Å². The van der Waals surface area contributed by atoms with Crippen LogP contribution in [0.1, 0.15) is 33.1 Å². The second-order valence-corrected chi connectivity index (χ2v) is 9.77. The minimum atomic E-state index is -0.111. The highest BCUT2D eigenvalue weighted by Gasteiger charge is 2.30. The first-order valence-electron chi connectivity index (χ1n) is 11.6. The van der Waals surface area contributed by atoms with Crippen LogP contribution >= 0.6 is 11.8 Å². The van der Waals surface area contributed by atoms with E-state index in [9.17, 15) is 9.59 Å². The molecule has 2 amide bonds. The van der Waals surface area contributed by atoms with Gasteiger partial charge in [-0.15, -0.1) is 10.2 Å². The first-order valence-corrected chi connectivity index (χ1v) is 12.6. The van der Waals surface area contributed by atoms with E-state index in [2.05, 4.69) is 29.4 Å². The molecule has 1 N–H and O–H groups in total. The minimum Gasteiger partial charge on any atom is -0.336 e. The first kappa shape index (κ1) is 22.5. The summed E-state index contributed by atoms with van der Waals surface area (Å²) in [6, 6.07) is 17.8. The molecular formula is C25H28N6O2S. The van der Waals surface area contributed by atoms with Crippen LogP contribution in [0.2, 0.25) is 0 Å². The number of hydrogen-bond acceptors (Lipinski definition) is 5. The molecule has 0 bridgehead atoms. The number of likely N-dealkylation sites (tertiary alicyclic amines) is 1. The van der Waals surface area contributed by atoms with Crippen LogP contribution < -0.4 is 5.32 Å². The van der Waals surface area contributed by atoms with E-state index >= 15 is 0 Å². The van der Waals surface area contributed by atoms with Crippen molar-refractivity contribution >= 4 is 46.1 Å². The molecule has 1 aliphatic rings. The molecule has 34 heavy (non-hydrogen) atoms. The van der Waals surface area contributed by atoms with Crippen molar-refractivity contribution in [2.24, 2.45) is 0 Å². The lowest BCUT2D eigenvalue weighted by Gasteiger charge is -2.39. The molecule has 1 fully saturated rings. The van der Waals surface area contributed by atoms with Gasteiger partial charge in [-0.25, -0.2) is 0 Å². The van der Waals surface area contributed by atoms with Gasteiger partial charge < -0.3 is 10.2 Å². The summed E-state index contributed by atoms with van der Waals surface area (Å²) in [4.78, 5) is 27.8. The Morgan fingerprint density at radius 2 is 1.65 bits per heavy atom. The fourth-order valence-corrected chi connectivity index (χ4v) is 5.60. The molecule has 0 radical (unpaired) electrons. The van der Waals surface area contributed by atoms with Crippen molar-refractivity contribution in [3.63, 3.8) is 0 Å². The van der Waals surface area contributed by atoms with Crippen LogP contribution in [0.3, 0.4) is 0 Å². The number of imidazole rings is 1. The van der Waals surface area contributed by atoms with Crippen LogP contribution in [0.25, 0.3) is 16.8 Å². The van der Waals surface area contributed by atoms with Gasteiger partial charge in [0.25, 0.3) is 0 Å². The molecule has 176 valence electrons. The van der Waals surface area contributed by atoms with Gasteiger partial charge in [0.15, 0.2) is 5.16 Å². The van der Waals surface area contributed by atoms with Crippen molar-refractivity contribution in [2.75, 3.05) is 11.1 Å². The average Bonchev–Trinajstić information content (AvgIpc) is 3.38. The minimum absolute atomic E-state index is 0.0994. The van der Waals surface area contributed by atoms with Crippen molar-refractivity contribution in [3.8, 4) is 0 Å². The Morgan fingerprint density at radius 1 is 0.971 bits per heavy atom. The summed E-state index contributed by atoms with van der Waals surface area (Å²) in [7, 11) is 0. The number of benzene rings is 2. The molecule has 2 atom stereocenters. The third kappa shape index (κ3) is 4.27. The molecule has 5 rings (SSSR count). The number of carbonyl (C=O) groups is 2. The predicted molar refractivity (Wildman–Crippen MR) is 134 cm³/mol. The molecule has 9 heteroatoms. The van der Waals surface area contributed by atoms with E-state index in [1.165, 1.54) is 11.8 Å². The summed E-state index contributed by atoms with van der Waals surface area (Å²) in [5, 5.41) is 12.3. The average molecular weight is 477 g/mol. The Kier molecular flexibility index (Phi) is 6.28. The molecule has 1 aliphatic heterocycles. The van der Waals surface area contributed by atoms with Crippen LogP contribution in [-0.4, -0.2) is 53.7 Å². The number of fused-ring (bicyclic) bond motifs is 3. The molecule has 3 heterocycles. The molecule has 0 saturated carbocycles. The van der Waals surface area contributed by atoms with Gasteiger partial charge in [-0.3, -0.25) is 18.6 Å². The Morgan fingerprint density at radius 3 is 2.38 bits per heavy atom. The first-order chi connectivity index (χ1) is 16.5. The standard InChI is InChI=1S/C25H28N6O2S/c1-17-9-8-10-18(2)30(17)23(33)15-29-20-13-6-7-14-21(20)31-24(29)27-28-25(31)34-16-22(32)26-19-11-4-3-5-12-19/h3-7,11-14,17-18H,8-10,15-16H2,1-2H3,(H,26,32)/t17-,18-/m1/s1. The Hall–Kier alpha value is -3.33. The number of rotatable bonds is 6. The van der Waals surface area contributed by atoms with Crippen LogP contribution in [0, 0.1) is 0 Å². The van der Waals surface area contributed by atoms with Crippen molar-refractivity contribution in [1.82, 2.24) is 24.1 Å². The number of para-hydroxylation sites is 3. The molecule has 2 aromatic heterocycles. The van der Waals surface area contributed by atoms with Gasteiger partial charge in [-0.2, -0.15) is 0 Å². The van der Waals surface area contributed by atoms with Crippen molar-refractivity contribution in [1.29, 1.82) is 0 Å². The molecular weight excluding hydrogens is 448 g/mol. The highest BCUT2D eigenvalue weighted by molar-refractivity contribution is 7.99. The highest BCUT2D eigenvalue weighted by atomic mass is 32.2. The van der Waals surface area contributed by atoms with Gasteiger partial charge in [-0.05, 0) is 57.4 Å². The topological polar surface area (TPSA) is 84.5 Å². The van der Waals surface area contributed by atoms with Gasteiger partial charge in [0.05, 0.1) is 16.8 Å². The molecule has 1 saturated heterocycles. The van der Waals surface area contributed by atoms with Gasteiger partial charge in [-0.1, -0.05) is 42.1 Å². The van der Waals surface area contributed by atoms with E-state index < -0.39 is 0 Å².